The largest absolute Gasteiger partial charge is 0.0713 e. The van der Waals surface area contributed by atoms with Gasteiger partial charge >= 0.3 is 0 Å². The smallest absolute Gasteiger partial charge is 0.0622 e. The zero-order valence-electron chi connectivity index (χ0n) is 82.5. The van der Waals surface area contributed by atoms with Gasteiger partial charge in [0.25, 0.3) is 0 Å². The van der Waals surface area contributed by atoms with Gasteiger partial charge in [0.05, 0.1) is 16.2 Å². The Balaban J connectivity index is 0.000000100. The van der Waals surface area contributed by atoms with Crippen LogP contribution in [0.5, 0.6) is 0 Å². The van der Waals surface area contributed by atoms with Gasteiger partial charge in [-0.3, -0.25) is 0 Å². The highest BCUT2D eigenvalue weighted by molar-refractivity contribution is 6.00. The second-order valence-electron chi connectivity index (χ2n) is 39.6. The van der Waals surface area contributed by atoms with Crippen LogP contribution in [0.3, 0.4) is 0 Å². The number of fused-ring (bicyclic) bond motifs is 15. The molecule has 5 aliphatic rings. The van der Waals surface area contributed by atoms with Crippen LogP contribution < -0.4 is 0 Å². The molecule has 688 valence electrons. The number of hydrogen-bond acceptors (Lipinski definition) is 0. The minimum absolute atomic E-state index is 0.0563. The average molecular weight is 1840 g/mol. The van der Waals surface area contributed by atoms with Crippen LogP contribution in [0.15, 0.2) is 552 Å². The summed E-state index contributed by atoms with van der Waals surface area (Å²) < 4.78 is 0. The van der Waals surface area contributed by atoms with E-state index in [0.717, 1.165) is 0 Å². The van der Waals surface area contributed by atoms with Crippen molar-refractivity contribution in [3.63, 3.8) is 0 Å². The molecule has 5 aliphatic carbocycles. The van der Waals surface area contributed by atoms with Crippen LogP contribution in [0.4, 0.5) is 0 Å². The Morgan fingerprint density at radius 2 is 0.375 bits per heavy atom. The maximum Gasteiger partial charge on any atom is 0.0713 e. The van der Waals surface area contributed by atoms with Crippen molar-refractivity contribution in [1.82, 2.24) is 0 Å². The lowest BCUT2D eigenvalue weighted by Crippen LogP contribution is -2.28. The van der Waals surface area contributed by atoms with Gasteiger partial charge in [0.1, 0.15) is 0 Å². The molecule has 144 heavy (non-hydrogen) atoms. The molecule has 0 N–H and O–H groups in total. The third kappa shape index (κ3) is 15.2. The van der Waals surface area contributed by atoms with Crippen LogP contribution in [0.2, 0.25) is 0 Å². The van der Waals surface area contributed by atoms with Crippen molar-refractivity contribution in [3.8, 4) is 100 Å². The fourth-order valence-electron chi connectivity index (χ4n) is 24.8. The molecule has 0 heterocycles. The zero-order chi connectivity index (χ0) is 97.5. The molecule has 0 fully saturated rings. The van der Waals surface area contributed by atoms with E-state index in [-0.39, 0.29) is 27.1 Å². The summed E-state index contributed by atoms with van der Waals surface area (Å²) in [6, 6.07) is 202. The van der Waals surface area contributed by atoms with Gasteiger partial charge in [0.2, 0.25) is 0 Å². The zero-order valence-corrected chi connectivity index (χ0v) is 82.5. The van der Waals surface area contributed by atoms with E-state index in [0.29, 0.717) is 0 Å². The first kappa shape index (κ1) is 90.7. The van der Waals surface area contributed by atoms with Gasteiger partial charge in [-0.25, -0.2) is 0 Å². The van der Waals surface area contributed by atoms with Crippen molar-refractivity contribution in [2.75, 3.05) is 0 Å². The topological polar surface area (TPSA) is 0 Å². The molecule has 0 heteroatoms. The molecule has 22 aromatic carbocycles. The van der Waals surface area contributed by atoms with Crippen molar-refractivity contribution in [3.05, 3.63) is 680 Å². The molecule has 0 aliphatic heterocycles. The normalized spacial score (nSPS) is 15.0. The lowest BCUT2D eigenvalue weighted by Gasteiger charge is -2.34. The summed E-state index contributed by atoms with van der Waals surface area (Å²) in [7, 11) is 0. The van der Waals surface area contributed by atoms with E-state index in [4.69, 9.17) is 0 Å². The predicted molar refractivity (Wildman–Crippen MR) is 604 cm³/mol. The fourth-order valence-corrected chi connectivity index (χ4v) is 24.8. The summed E-state index contributed by atoms with van der Waals surface area (Å²) >= 11 is 0. The van der Waals surface area contributed by atoms with Gasteiger partial charge in [0, 0.05) is 10.8 Å². The number of rotatable bonds is 12. The standard InChI is InChI=1S/3C32H24.C27H22.C21H18/c1-23-12-10-13-24(22-23)27-19-11-21-30-31(27)28-18-8-9-20-29(28)32(30,25-14-4-2-5-15-25)26-16-6-3-7-17-26;1-23-13-8-9-18-26(23)27-20-12-22-30-31(27)28-19-10-11-21-29(28)32(30,24-14-4-2-5-15-24)25-16-6-3-7-17-25;1-23-19-21-24(22-20-23)27-16-10-18-30-31(27)28-15-8-9-17-29(28)32(30,25-11-4-2-5-12-25)26-13-6-3-7-14-26;1-19-13-15-23-24-16-14-21(20-9-5-3-6-10-20)18-26(24)27(2,25(23)17-19)22-11-7-4-8-12-22;1-15-12-13-18-17-10-6-7-11-19(17)21(2,20(18)14-15)16-8-4-3-5-9-16/h3*2-22H,1H3;3-18H,1-2H3;3-14H,1-2H3. The number of benzene rings is 22. The minimum Gasteiger partial charge on any atom is -0.0622 e. The van der Waals surface area contributed by atoms with Crippen LogP contribution in [0.25, 0.3) is 100 Å². The molecule has 0 saturated heterocycles. The van der Waals surface area contributed by atoms with Gasteiger partial charge in [-0.2, -0.15) is 0 Å². The summed E-state index contributed by atoms with van der Waals surface area (Å²) in [6.45, 7) is 15.6. The van der Waals surface area contributed by atoms with Crippen LogP contribution in [-0.4, -0.2) is 0 Å². The van der Waals surface area contributed by atoms with E-state index >= 15 is 0 Å². The van der Waals surface area contributed by atoms with Gasteiger partial charge in [-0.05, 0) is 260 Å². The monoisotopic (exact) mass is 1840 g/mol. The second-order valence-corrected chi connectivity index (χ2v) is 39.6. The fraction of sp³-hybridized carbons (Fsp3) is 0.0833. The Labute approximate surface area is 849 Å². The third-order valence-corrected chi connectivity index (χ3v) is 31.4. The maximum atomic E-state index is 2.40. The highest BCUT2D eigenvalue weighted by Crippen LogP contribution is 2.64. The first-order chi connectivity index (χ1) is 70.8. The molecule has 0 radical (unpaired) electrons. The molecule has 0 amide bonds. The SMILES string of the molecule is Cc1ccc(-c2cccc3c2-c2ccccc2C3(c2ccccc2)c2ccccc2)cc1.Cc1ccc2c(c1)C(C)(c1ccccc1)c1cc(-c3ccccc3)ccc1-2.Cc1ccc2c(c1)C(C)(c1ccccc1)c1ccccc1-2.Cc1cccc(-c2cccc3c2-c2ccccc2C3(c2ccccc2)c2ccccc2)c1.Cc1ccccc1-c1cccc2c1-c1ccccc1C2(c1ccccc1)c1ccccc1. The molecule has 0 nitrogen and oxygen atoms in total. The Hall–Kier alpha value is -17.2. The maximum absolute atomic E-state index is 2.40. The molecule has 0 bridgehead atoms. The Kier molecular flexibility index (Phi) is 24.0. The molecule has 0 aromatic heterocycles. The second kappa shape index (κ2) is 38.1. The van der Waals surface area contributed by atoms with Crippen LogP contribution in [-0.2, 0) is 27.1 Å². The van der Waals surface area contributed by atoms with Crippen molar-refractivity contribution in [1.29, 1.82) is 0 Å². The predicted octanol–water partition coefficient (Wildman–Crippen LogP) is 36.4. The summed E-state index contributed by atoms with van der Waals surface area (Å²) in [5.74, 6) is 0. The van der Waals surface area contributed by atoms with Crippen LogP contribution in [0.1, 0.15) is 142 Å². The summed E-state index contributed by atoms with van der Waals surface area (Å²) in [4.78, 5) is 0. The number of aryl methyl sites for hydroxylation is 5. The van der Waals surface area contributed by atoms with Crippen molar-refractivity contribution < 1.29 is 0 Å². The Morgan fingerprint density at radius 3 is 0.764 bits per heavy atom. The quantitative estimate of drug-likeness (QED) is 0.114. The van der Waals surface area contributed by atoms with E-state index in [1.54, 1.807) is 0 Å². The van der Waals surface area contributed by atoms with Crippen molar-refractivity contribution >= 4 is 0 Å². The van der Waals surface area contributed by atoms with Crippen LogP contribution in [0, 0.1) is 34.6 Å². The summed E-state index contributed by atoms with van der Waals surface area (Å²) in [5, 5.41) is 0. The molecule has 2 unspecified atom stereocenters. The van der Waals surface area contributed by atoms with E-state index in [1.165, 1.54) is 228 Å². The minimum atomic E-state index is -0.340. The average Bonchev–Trinajstić information content (AvgIpc) is 1.54. The van der Waals surface area contributed by atoms with Crippen molar-refractivity contribution in [2.24, 2.45) is 0 Å². The Bertz CT molecular complexity index is 8340. The van der Waals surface area contributed by atoms with Gasteiger partial charge in [0.15, 0.2) is 0 Å². The van der Waals surface area contributed by atoms with E-state index in [9.17, 15) is 0 Å². The third-order valence-electron chi connectivity index (χ3n) is 31.4. The lowest BCUT2D eigenvalue weighted by molar-refractivity contribution is 0.713. The van der Waals surface area contributed by atoms with E-state index in [2.05, 4.69) is 601 Å². The molecule has 22 aromatic rings. The first-order valence-corrected chi connectivity index (χ1v) is 50.7. The van der Waals surface area contributed by atoms with E-state index in [1.807, 2.05) is 0 Å². The Morgan fingerprint density at radius 1 is 0.125 bits per heavy atom. The summed E-state index contributed by atoms with van der Waals surface area (Å²) in [5.41, 5.74) is 53.4. The van der Waals surface area contributed by atoms with Gasteiger partial charge in [-0.15, -0.1) is 0 Å². The highest BCUT2D eigenvalue weighted by Gasteiger charge is 2.51. The van der Waals surface area contributed by atoms with Gasteiger partial charge in [-0.1, -0.05) is 568 Å². The van der Waals surface area contributed by atoms with Crippen molar-refractivity contribution in [2.45, 2.75) is 75.5 Å². The lowest BCUT2D eigenvalue weighted by atomic mass is 9.67. The molecule has 2 atom stereocenters. The number of hydrogen-bond donors (Lipinski definition) is 0. The molecule has 0 spiro atoms. The highest BCUT2D eigenvalue weighted by atomic mass is 14.5. The van der Waals surface area contributed by atoms with E-state index < -0.39 is 0 Å². The molecule has 0 saturated carbocycles. The summed E-state index contributed by atoms with van der Waals surface area (Å²) in [6.07, 6.45) is 0. The first-order valence-electron chi connectivity index (χ1n) is 50.7. The molecule has 27 rings (SSSR count). The van der Waals surface area contributed by atoms with Gasteiger partial charge < -0.3 is 0 Å². The molecular weight excluding hydrogens is 1730 g/mol. The molecular formula is C144H112. The van der Waals surface area contributed by atoms with Crippen LogP contribution >= 0.6 is 0 Å².